The van der Waals surface area contributed by atoms with Gasteiger partial charge in [-0.3, -0.25) is 4.79 Å². The van der Waals surface area contributed by atoms with E-state index in [2.05, 4.69) is 5.32 Å². The van der Waals surface area contributed by atoms with Gasteiger partial charge in [0.05, 0.1) is 5.69 Å². The first-order valence-corrected chi connectivity index (χ1v) is 7.14. The summed E-state index contributed by atoms with van der Waals surface area (Å²) in [6, 6.07) is 4.88. The molecule has 1 saturated heterocycles. The number of amides is 1. The lowest BCUT2D eigenvalue weighted by atomic mass is 10.1. The third-order valence-corrected chi connectivity index (χ3v) is 3.61. The van der Waals surface area contributed by atoms with Crippen LogP contribution in [0.1, 0.15) is 26.2 Å². The summed E-state index contributed by atoms with van der Waals surface area (Å²) in [5.74, 6) is -0.281. The quantitative estimate of drug-likeness (QED) is 0.870. The SMILES string of the molecule is CC(CN)CC(=O)Nc1ccc(N2CCCC2)c(F)c1. The van der Waals surface area contributed by atoms with E-state index in [1.807, 2.05) is 11.8 Å². The number of hydrogen-bond acceptors (Lipinski definition) is 3. The van der Waals surface area contributed by atoms with Crippen molar-refractivity contribution in [2.75, 3.05) is 29.9 Å². The topological polar surface area (TPSA) is 58.4 Å². The van der Waals surface area contributed by atoms with E-state index in [1.165, 1.54) is 6.07 Å². The first-order valence-electron chi connectivity index (χ1n) is 7.14. The lowest BCUT2D eigenvalue weighted by molar-refractivity contribution is -0.116. The number of rotatable bonds is 5. The van der Waals surface area contributed by atoms with Gasteiger partial charge in [-0.1, -0.05) is 6.92 Å². The molecule has 4 nitrogen and oxygen atoms in total. The van der Waals surface area contributed by atoms with Crippen molar-refractivity contribution in [3.8, 4) is 0 Å². The Morgan fingerprint density at radius 2 is 2.15 bits per heavy atom. The highest BCUT2D eigenvalue weighted by molar-refractivity contribution is 5.91. The van der Waals surface area contributed by atoms with Gasteiger partial charge in [-0.05, 0) is 43.5 Å². The van der Waals surface area contributed by atoms with Crippen LogP contribution in [0.4, 0.5) is 15.8 Å². The summed E-state index contributed by atoms with van der Waals surface area (Å²) in [5, 5.41) is 2.71. The summed E-state index contributed by atoms with van der Waals surface area (Å²) in [5.41, 5.74) is 6.60. The molecule has 110 valence electrons. The molecule has 1 amide bonds. The van der Waals surface area contributed by atoms with E-state index >= 15 is 0 Å². The van der Waals surface area contributed by atoms with Crippen LogP contribution in [0.15, 0.2) is 18.2 Å². The van der Waals surface area contributed by atoms with Gasteiger partial charge in [0, 0.05) is 25.2 Å². The van der Waals surface area contributed by atoms with Crippen molar-refractivity contribution in [3.05, 3.63) is 24.0 Å². The molecule has 1 aliphatic rings. The highest BCUT2D eigenvalue weighted by Gasteiger charge is 2.16. The standard InChI is InChI=1S/C15H22FN3O/c1-11(10-17)8-15(20)18-12-4-5-14(13(16)9-12)19-6-2-3-7-19/h4-5,9,11H,2-3,6-8,10,17H2,1H3,(H,18,20). The minimum absolute atomic E-state index is 0.128. The fraction of sp³-hybridized carbons (Fsp3) is 0.533. The van der Waals surface area contributed by atoms with Crippen molar-refractivity contribution in [1.29, 1.82) is 0 Å². The Hall–Kier alpha value is -1.62. The zero-order valence-corrected chi connectivity index (χ0v) is 11.9. The van der Waals surface area contributed by atoms with E-state index < -0.39 is 0 Å². The second kappa shape index (κ2) is 6.70. The highest BCUT2D eigenvalue weighted by Crippen LogP contribution is 2.26. The largest absolute Gasteiger partial charge is 0.369 e. The van der Waals surface area contributed by atoms with Crippen LogP contribution in [0.5, 0.6) is 0 Å². The Morgan fingerprint density at radius 3 is 2.75 bits per heavy atom. The highest BCUT2D eigenvalue weighted by atomic mass is 19.1. The smallest absolute Gasteiger partial charge is 0.224 e. The molecule has 0 bridgehead atoms. The Kier molecular flexibility index (Phi) is 4.95. The lowest BCUT2D eigenvalue weighted by Crippen LogP contribution is -2.21. The maximum absolute atomic E-state index is 14.1. The fourth-order valence-electron chi connectivity index (χ4n) is 2.41. The molecule has 2 rings (SSSR count). The molecule has 0 aromatic heterocycles. The first kappa shape index (κ1) is 14.8. The first-order chi connectivity index (χ1) is 9.60. The zero-order chi connectivity index (χ0) is 14.5. The molecule has 1 fully saturated rings. The summed E-state index contributed by atoms with van der Waals surface area (Å²) in [4.78, 5) is 13.8. The second-order valence-corrected chi connectivity index (χ2v) is 5.45. The summed E-state index contributed by atoms with van der Waals surface area (Å²) >= 11 is 0. The Labute approximate surface area is 119 Å². The Morgan fingerprint density at radius 1 is 1.45 bits per heavy atom. The summed E-state index contributed by atoms with van der Waals surface area (Å²) in [6.07, 6.45) is 2.57. The second-order valence-electron chi connectivity index (χ2n) is 5.45. The minimum Gasteiger partial charge on any atom is -0.369 e. The zero-order valence-electron chi connectivity index (χ0n) is 11.9. The van der Waals surface area contributed by atoms with Gasteiger partial charge in [0.25, 0.3) is 0 Å². The lowest BCUT2D eigenvalue weighted by Gasteiger charge is -2.19. The van der Waals surface area contributed by atoms with Gasteiger partial charge in [-0.25, -0.2) is 4.39 Å². The number of nitrogens with two attached hydrogens (primary N) is 1. The maximum atomic E-state index is 14.1. The molecule has 1 aromatic carbocycles. The molecule has 5 heteroatoms. The van der Waals surface area contributed by atoms with Crippen molar-refractivity contribution < 1.29 is 9.18 Å². The molecule has 0 radical (unpaired) electrons. The Bertz CT molecular complexity index is 472. The average molecular weight is 279 g/mol. The van der Waals surface area contributed by atoms with Crippen molar-refractivity contribution in [3.63, 3.8) is 0 Å². The van der Waals surface area contributed by atoms with Crippen molar-refractivity contribution >= 4 is 17.3 Å². The summed E-state index contributed by atoms with van der Waals surface area (Å²) in [7, 11) is 0. The van der Waals surface area contributed by atoms with Crippen LogP contribution in [-0.4, -0.2) is 25.5 Å². The van der Waals surface area contributed by atoms with Crippen LogP contribution in [-0.2, 0) is 4.79 Å². The number of nitrogens with one attached hydrogen (secondary N) is 1. The molecular weight excluding hydrogens is 257 g/mol. The number of carbonyl (C=O) groups excluding carboxylic acids is 1. The van der Waals surface area contributed by atoms with Crippen LogP contribution >= 0.6 is 0 Å². The monoisotopic (exact) mass is 279 g/mol. The van der Waals surface area contributed by atoms with Gasteiger partial charge in [-0.2, -0.15) is 0 Å². The predicted octanol–water partition coefficient (Wildman–Crippen LogP) is 2.35. The molecule has 20 heavy (non-hydrogen) atoms. The molecule has 0 saturated carbocycles. The van der Waals surface area contributed by atoms with E-state index in [-0.39, 0.29) is 17.6 Å². The number of benzene rings is 1. The van der Waals surface area contributed by atoms with Crippen LogP contribution in [0.25, 0.3) is 0 Å². The third kappa shape index (κ3) is 3.70. The van der Waals surface area contributed by atoms with Gasteiger partial charge < -0.3 is 16.0 Å². The number of anilines is 2. The van der Waals surface area contributed by atoms with Crippen LogP contribution in [0, 0.1) is 11.7 Å². The molecule has 1 unspecified atom stereocenters. The Balaban J connectivity index is 1.99. The minimum atomic E-state index is -0.281. The van der Waals surface area contributed by atoms with Gasteiger partial charge in [0.15, 0.2) is 0 Å². The van der Waals surface area contributed by atoms with Crippen molar-refractivity contribution in [2.24, 2.45) is 11.7 Å². The number of halogens is 1. The predicted molar refractivity (Wildman–Crippen MR) is 79.3 cm³/mol. The normalized spacial score (nSPS) is 16.2. The van der Waals surface area contributed by atoms with E-state index in [4.69, 9.17) is 5.73 Å². The summed E-state index contributed by atoms with van der Waals surface area (Å²) < 4.78 is 14.1. The van der Waals surface area contributed by atoms with E-state index in [0.29, 0.717) is 24.3 Å². The van der Waals surface area contributed by atoms with Gasteiger partial charge in [0.1, 0.15) is 5.82 Å². The van der Waals surface area contributed by atoms with E-state index in [0.717, 1.165) is 25.9 Å². The number of hydrogen-bond donors (Lipinski definition) is 2. The van der Waals surface area contributed by atoms with Crippen LogP contribution in [0.2, 0.25) is 0 Å². The molecule has 0 spiro atoms. The number of carbonyl (C=O) groups is 1. The number of nitrogens with zero attached hydrogens (tertiary/aromatic N) is 1. The third-order valence-electron chi connectivity index (χ3n) is 3.61. The van der Waals surface area contributed by atoms with E-state index in [1.54, 1.807) is 12.1 Å². The van der Waals surface area contributed by atoms with E-state index in [9.17, 15) is 9.18 Å². The van der Waals surface area contributed by atoms with Gasteiger partial charge >= 0.3 is 0 Å². The molecular formula is C15H22FN3O. The molecule has 1 aliphatic heterocycles. The van der Waals surface area contributed by atoms with Crippen LogP contribution < -0.4 is 16.0 Å². The molecule has 0 aliphatic carbocycles. The van der Waals surface area contributed by atoms with Gasteiger partial charge in [0.2, 0.25) is 5.91 Å². The van der Waals surface area contributed by atoms with Crippen LogP contribution in [0.3, 0.4) is 0 Å². The maximum Gasteiger partial charge on any atom is 0.224 e. The fourth-order valence-corrected chi connectivity index (χ4v) is 2.41. The molecule has 3 N–H and O–H groups in total. The summed E-state index contributed by atoms with van der Waals surface area (Å²) in [6.45, 7) is 4.18. The molecule has 1 aromatic rings. The van der Waals surface area contributed by atoms with Crippen molar-refractivity contribution in [1.82, 2.24) is 0 Å². The molecule has 1 heterocycles. The van der Waals surface area contributed by atoms with Gasteiger partial charge in [-0.15, -0.1) is 0 Å². The molecule has 1 atom stereocenters. The average Bonchev–Trinajstić information content (AvgIpc) is 2.92. The van der Waals surface area contributed by atoms with Crippen molar-refractivity contribution in [2.45, 2.75) is 26.2 Å².